The fraction of sp³-hybridized carbons (Fsp3) is 0.429. The van der Waals surface area contributed by atoms with Crippen molar-refractivity contribution in [2.45, 2.75) is 26.2 Å². The fourth-order valence-electron chi connectivity index (χ4n) is 1.58. The fourth-order valence-corrected chi connectivity index (χ4v) is 1.58. The van der Waals surface area contributed by atoms with Crippen LogP contribution in [0.2, 0.25) is 0 Å². The van der Waals surface area contributed by atoms with Crippen LogP contribution in [-0.4, -0.2) is 25.0 Å². The Labute approximate surface area is 112 Å². The number of ether oxygens (including phenoxy) is 1. The average Bonchev–Trinajstić information content (AvgIpc) is 2.37. The zero-order valence-corrected chi connectivity index (χ0v) is 10.9. The van der Waals surface area contributed by atoms with E-state index < -0.39 is 0 Å². The lowest BCUT2D eigenvalue weighted by Gasteiger charge is -2.05. The maximum atomic E-state index is 12.9. The zero-order valence-electron chi connectivity index (χ0n) is 10.9. The van der Waals surface area contributed by atoms with E-state index in [2.05, 4.69) is 5.32 Å². The van der Waals surface area contributed by atoms with E-state index in [1.165, 1.54) is 12.1 Å². The van der Waals surface area contributed by atoms with E-state index in [-0.39, 0.29) is 30.5 Å². The highest BCUT2D eigenvalue weighted by atomic mass is 19.1. The Kier molecular flexibility index (Phi) is 6.57. The van der Waals surface area contributed by atoms with Crippen LogP contribution in [0.25, 0.3) is 0 Å². The van der Waals surface area contributed by atoms with Crippen LogP contribution in [0, 0.1) is 5.82 Å². The van der Waals surface area contributed by atoms with Crippen molar-refractivity contribution >= 4 is 11.9 Å². The first-order chi connectivity index (χ1) is 9.11. The van der Waals surface area contributed by atoms with Crippen LogP contribution < -0.4 is 5.32 Å². The van der Waals surface area contributed by atoms with Gasteiger partial charge in [0.25, 0.3) is 0 Å². The quantitative estimate of drug-likeness (QED) is 0.767. The number of amides is 1. The van der Waals surface area contributed by atoms with E-state index in [0.717, 1.165) is 5.56 Å². The van der Waals surface area contributed by atoms with Gasteiger partial charge in [0.1, 0.15) is 5.82 Å². The van der Waals surface area contributed by atoms with Crippen molar-refractivity contribution in [1.82, 2.24) is 5.32 Å². The zero-order chi connectivity index (χ0) is 14.1. The van der Waals surface area contributed by atoms with Crippen LogP contribution in [0.15, 0.2) is 24.3 Å². The van der Waals surface area contributed by atoms with Crippen LogP contribution in [0.4, 0.5) is 4.39 Å². The summed E-state index contributed by atoms with van der Waals surface area (Å²) >= 11 is 0. The third-order valence-electron chi connectivity index (χ3n) is 2.49. The molecule has 0 spiro atoms. The van der Waals surface area contributed by atoms with E-state index in [0.29, 0.717) is 19.6 Å². The molecule has 1 rings (SSSR count). The Hall–Kier alpha value is -1.91. The van der Waals surface area contributed by atoms with Crippen molar-refractivity contribution in [3.05, 3.63) is 35.6 Å². The topological polar surface area (TPSA) is 55.4 Å². The third kappa shape index (κ3) is 6.55. The molecule has 1 aromatic carbocycles. The van der Waals surface area contributed by atoms with Gasteiger partial charge in [-0.25, -0.2) is 4.39 Å². The number of halogens is 1. The Morgan fingerprint density at radius 3 is 2.79 bits per heavy atom. The van der Waals surface area contributed by atoms with Crippen LogP contribution in [-0.2, 0) is 20.7 Å². The standard InChI is InChI=1S/C14H18FNO3/c1-2-19-14(18)7-6-13(17)16-9-8-11-4-3-5-12(15)10-11/h3-5,10H,2,6-9H2,1H3,(H,16,17). The van der Waals surface area contributed by atoms with Gasteiger partial charge in [-0.15, -0.1) is 0 Å². The molecule has 0 radical (unpaired) electrons. The molecule has 1 aromatic rings. The molecule has 0 aliphatic heterocycles. The van der Waals surface area contributed by atoms with Crippen LogP contribution in [0.1, 0.15) is 25.3 Å². The molecule has 0 aromatic heterocycles. The molecular formula is C14H18FNO3. The summed E-state index contributed by atoms with van der Waals surface area (Å²) in [5.41, 5.74) is 0.825. The molecule has 0 fully saturated rings. The Balaban J connectivity index is 2.18. The molecule has 0 aliphatic carbocycles. The lowest BCUT2D eigenvalue weighted by molar-refractivity contribution is -0.144. The van der Waals surface area contributed by atoms with E-state index in [9.17, 15) is 14.0 Å². The minimum Gasteiger partial charge on any atom is -0.466 e. The molecule has 19 heavy (non-hydrogen) atoms. The molecule has 0 saturated heterocycles. The molecule has 0 bridgehead atoms. The minimum atomic E-state index is -0.372. The molecule has 104 valence electrons. The summed E-state index contributed by atoms with van der Waals surface area (Å²) in [4.78, 5) is 22.5. The number of benzene rings is 1. The highest BCUT2D eigenvalue weighted by Crippen LogP contribution is 2.03. The average molecular weight is 267 g/mol. The monoisotopic (exact) mass is 267 g/mol. The number of rotatable bonds is 7. The van der Waals surface area contributed by atoms with Gasteiger partial charge >= 0.3 is 5.97 Å². The summed E-state index contributed by atoms with van der Waals surface area (Å²) in [7, 11) is 0. The van der Waals surface area contributed by atoms with E-state index in [1.807, 2.05) is 0 Å². The van der Waals surface area contributed by atoms with Gasteiger partial charge in [0, 0.05) is 13.0 Å². The number of esters is 1. The van der Waals surface area contributed by atoms with E-state index >= 15 is 0 Å². The summed E-state index contributed by atoms with van der Waals surface area (Å²) in [6, 6.07) is 6.24. The Morgan fingerprint density at radius 2 is 2.11 bits per heavy atom. The smallest absolute Gasteiger partial charge is 0.306 e. The first-order valence-electron chi connectivity index (χ1n) is 6.28. The SMILES string of the molecule is CCOC(=O)CCC(=O)NCCc1cccc(F)c1. The molecule has 0 atom stereocenters. The van der Waals surface area contributed by atoms with Gasteiger partial charge in [-0.3, -0.25) is 9.59 Å². The molecule has 0 unspecified atom stereocenters. The van der Waals surface area contributed by atoms with Crippen LogP contribution in [0.3, 0.4) is 0 Å². The van der Waals surface area contributed by atoms with Crippen molar-refractivity contribution < 1.29 is 18.7 Å². The number of carbonyl (C=O) groups excluding carboxylic acids is 2. The van der Waals surface area contributed by atoms with Gasteiger partial charge in [0.2, 0.25) is 5.91 Å². The summed E-state index contributed by atoms with van der Waals surface area (Å²) in [6.07, 6.45) is 0.754. The lowest BCUT2D eigenvalue weighted by Crippen LogP contribution is -2.26. The maximum absolute atomic E-state index is 12.9. The van der Waals surface area contributed by atoms with Gasteiger partial charge in [0.15, 0.2) is 0 Å². The van der Waals surface area contributed by atoms with Crippen molar-refractivity contribution in [2.75, 3.05) is 13.2 Å². The number of hydrogen-bond donors (Lipinski definition) is 1. The molecule has 0 heterocycles. The normalized spacial score (nSPS) is 10.0. The number of nitrogens with one attached hydrogen (secondary N) is 1. The largest absolute Gasteiger partial charge is 0.466 e. The van der Waals surface area contributed by atoms with Crippen LogP contribution >= 0.6 is 0 Å². The molecule has 0 aliphatic rings. The van der Waals surface area contributed by atoms with Gasteiger partial charge < -0.3 is 10.1 Å². The van der Waals surface area contributed by atoms with Crippen molar-refractivity contribution in [3.8, 4) is 0 Å². The first-order valence-corrected chi connectivity index (χ1v) is 6.28. The summed E-state index contributed by atoms with van der Waals surface area (Å²) in [5, 5.41) is 2.68. The maximum Gasteiger partial charge on any atom is 0.306 e. The predicted molar refractivity (Wildman–Crippen MR) is 69.0 cm³/mol. The van der Waals surface area contributed by atoms with E-state index in [4.69, 9.17) is 4.74 Å². The molecule has 5 heteroatoms. The van der Waals surface area contributed by atoms with Crippen LogP contribution in [0.5, 0.6) is 0 Å². The second kappa shape index (κ2) is 8.24. The van der Waals surface area contributed by atoms with Crippen molar-refractivity contribution in [3.63, 3.8) is 0 Å². The van der Waals surface area contributed by atoms with Gasteiger partial charge in [-0.2, -0.15) is 0 Å². The molecule has 0 saturated carbocycles. The summed E-state index contributed by atoms with van der Waals surface area (Å²) in [6.45, 7) is 2.46. The van der Waals surface area contributed by atoms with Gasteiger partial charge in [0.05, 0.1) is 13.0 Å². The number of hydrogen-bond acceptors (Lipinski definition) is 3. The third-order valence-corrected chi connectivity index (χ3v) is 2.49. The molecule has 1 N–H and O–H groups in total. The minimum absolute atomic E-state index is 0.0830. The van der Waals surface area contributed by atoms with Gasteiger partial charge in [-0.05, 0) is 31.0 Å². The summed E-state index contributed by atoms with van der Waals surface area (Å²) < 4.78 is 17.6. The lowest BCUT2D eigenvalue weighted by atomic mass is 10.1. The second-order valence-corrected chi connectivity index (χ2v) is 4.03. The Morgan fingerprint density at radius 1 is 1.32 bits per heavy atom. The van der Waals surface area contributed by atoms with Crippen molar-refractivity contribution in [2.24, 2.45) is 0 Å². The van der Waals surface area contributed by atoms with E-state index in [1.54, 1.807) is 19.1 Å². The van der Waals surface area contributed by atoms with Gasteiger partial charge in [-0.1, -0.05) is 12.1 Å². The number of carbonyl (C=O) groups is 2. The second-order valence-electron chi connectivity index (χ2n) is 4.03. The highest BCUT2D eigenvalue weighted by Gasteiger charge is 2.06. The molecular weight excluding hydrogens is 249 g/mol. The summed E-state index contributed by atoms with van der Waals surface area (Å²) in [5.74, 6) is -0.863. The predicted octanol–water partition coefficient (Wildman–Crippen LogP) is 1.83. The highest BCUT2D eigenvalue weighted by molar-refractivity contribution is 5.81. The Bertz CT molecular complexity index is 434. The first kappa shape index (κ1) is 15.1. The molecule has 1 amide bonds. The van der Waals surface area contributed by atoms with Crippen molar-refractivity contribution in [1.29, 1.82) is 0 Å². The molecule has 4 nitrogen and oxygen atoms in total.